The number of para-hydroxylation sites is 1. The molecule has 0 saturated heterocycles. The minimum atomic E-state index is -1.02. The first-order valence-electron chi connectivity index (χ1n) is 7.02. The molecule has 0 saturated carbocycles. The molecule has 5 heteroatoms. The van der Waals surface area contributed by atoms with E-state index in [1.165, 1.54) is 4.90 Å². The van der Waals surface area contributed by atoms with Gasteiger partial charge >= 0.3 is 6.09 Å². The van der Waals surface area contributed by atoms with Crippen molar-refractivity contribution in [2.24, 2.45) is 5.41 Å². The van der Waals surface area contributed by atoms with Crippen LogP contribution in [-0.2, 0) is 0 Å². The number of hydrogen-bond donors (Lipinski definition) is 3. The zero-order valence-corrected chi connectivity index (χ0v) is 12.6. The summed E-state index contributed by atoms with van der Waals surface area (Å²) in [5.41, 5.74) is 1.58. The summed E-state index contributed by atoms with van der Waals surface area (Å²) in [7, 11) is 0. The maximum Gasteiger partial charge on any atom is 0.407 e. The number of aliphatic hydroxyl groups is 1. The molecule has 0 fully saturated rings. The van der Waals surface area contributed by atoms with E-state index in [-0.39, 0.29) is 24.6 Å². The molecule has 0 bridgehead atoms. The fourth-order valence-electron chi connectivity index (χ4n) is 2.88. The van der Waals surface area contributed by atoms with Gasteiger partial charge in [0.15, 0.2) is 0 Å². The van der Waals surface area contributed by atoms with Crippen molar-refractivity contribution in [3.05, 3.63) is 36.0 Å². The van der Waals surface area contributed by atoms with Gasteiger partial charge in [-0.05, 0) is 22.4 Å². The third-order valence-electron chi connectivity index (χ3n) is 3.63. The number of benzene rings is 1. The van der Waals surface area contributed by atoms with Gasteiger partial charge in [0, 0.05) is 12.7 Å². The van der Waals surface area contributed by atoms with Gasteiger partial charge in [0.2, 0.25) is 0 Å². The van der Waals surface area contributed by atoms with Gasteiger partial charge in [0.05, 0.1) is 18.2 Å². The maximum atomic E-state index is 11.6. The number of aromatic nitrogens is 1. The minimum absolute atomic E-state index is 0.0916. The first kappa shape index (κ1) is 15.4. The number of hydrogen-bond acceptors (Lipinski definition) is 2. The van der Waals surface area contributed by atoms with Gasteiger partial charge < -0.3 is 15.2 Å². The molecular weight excluding hydrogens is 268 g/mol. The fraction of sp³-hybridized carbons (Fsp3) is 0.438. The van der Waals surface area contributed by atoms with E-state index in [1.54, 1.807) is 0 Å². The zero-order valence-electron chi connectivity index (χ0n) is 12.6. The highest BCUT2D eigenvalue weighted by atomic mass is 16.4. The third-order valence-corrected chi connectivity index (χ3v) is 3.63. The number of carboxylic acid groups (broad SMARTS) is 1. The summed E-state index contributed by atoms with van der Waals surface area (Å²) in [6.07, 6.45) is 0.831. The van der Waals surface area contributed by atoms with E-state index in [0.29, 0.717) is 0 Å². The Morgan fingerprint density at radius 3 is 2.62 bits per heavy atom. The van der Waals surface area contributed by atoms with Crippen molar-refractivity contribution in [1.82, 2.24) is 9.88 Å². The lowest BCUT2D eigenvalue weighted by atomic mass is 9.80. The van der Waals surface area contributed by atoms with Gasteiger partial charge in [-0.3, -0.25) is 4.90 Å². The summed E-state index contributed by atoms with van der Waals surface area (Å²) in [6, 6.07) is 7.50. The molecule has 1 amide bonds. The number of H-pyrrole nitrogens is 1. The molecule has 1 unspecified atom stereocenters. The van der Waals surface area contributed by atoms with Crippen molar-refractivity contribution in [1.29, 1.82) is 0 Å². The molecule has 0 spiro atoms. The molecule has 3 N–H and O–H groups in total. The molecule has 0 aliphatic carbocycles. The Kier molecular flexibility index (Phi) is 4.23. The minimum Gasteiger partial charge on any atom is -0.465 e. The second-order valence-corrected chi connectivity index (χ2v) is 6.26. The van der Waals surface area contributed by atoms with Crippen LogP contribution in [0, 0.1) is 5.41 Å². The van der Waals surface area contributed by atoms with Crippen LogP contribution in [-0.4, -0.2) is 39.3 Å². The Labute approximate surface area is 124 Å². The highest BCUT2D eigenvalue weighted by Gasteiger charge is 2.35. The van der Waals surface area contributed by atoms with E-state index in [2.05, 4.69) is 4.98 Å². The largest absolute Gasteiger partial charge is 0.465 e. The van der Waals surface area contributed by atoms with E-state index in [0.717, 1.165) is 16.5 Å². The van der Waals surface area contributed by atoms with Crippen LogP contribution < -0.4 is 0 Å². The topological polar surface area (TPSA) is 76.6 Å². The fourth-order valence-corrected chi connectivity index (χ4v) is 2.88. The summed E-state index contributed by atoms with van der Waals surface area (Å²) >= 11 is 0. The monoisotopic (exact) mass is 290 g/mol. The molecule has 0 aliphatic rings. The molecule has 5 nitrogen and oxygen atoms in total. The quantitative estimate of drug-likeness (QED) is 0.809. The van der Waals surface area contributed by atoms with E-state index in [1.807, 2.05) is 51.2 Å². The van der Waals surface area contributed by atoms with Gasteiger partial charge in [-0.2, -0.15) is 0 Å². The van der Waals surface area contributed by atoms with Gasteiger partial charge in [-0.15, -0.1) is 0 Å². The van der Waals surface area contributed by atoms with Crippen molar-refractivity contribution in [3.63, 3.8) is 0 Å². The van der Waals surface area contributed by atoms with Crippen molar-refractivity contribution in [2.45, 2.75) is 26.8 Å². The van der Waals surface area contributed by atoms with E-state index < -0.39 is 6.09 Å². The van der Waals surface area contributed by atoms with Gasteiger partial charge in [-0.1, -0.05) is 39.0 Å². The third kappa shape index (κ3) is 3.03. The lowest BCUT2D eigenvalue weighted by Gasteiger charge is -2.39. The van der Waals surface area contributed by atoms with Gasteiger partial charge in [-0.25, -0.2) is 4.79 Å². The number of nitrogens with one attached hydrogen (secondary N) is 1. The summed E-state index contributed by atoms with van der Waals surface area (Å²) < 4.78 is 0. The van der Waals surface area contributed by atoms with E-state index in [4.69, 9.17) is 0 Å². The van der Waals surface area contributed by atoms with Crippen molar-refractivity contribution in [2.75, 3.05) is 13.2 Å². The van der Waals surface area contributed by atoms with Crippen LogP contribution >= 0.6 is 0 Å². The second kappa shape index (κ2) is 5.77. The van der Waals surface area contributed by atoms with Crippen LogP contribution in [0.4, 0.5) is 4.79 Å². The van der Waals surface area contributed by atoms with Crippen LogP contribution in [0.15, 0.2) is 30.5 Å². The number of rotatable bonds is 4. The summed E-state index contributed by atoms with van der Waals surface area (Å²) in [5.74, 6) is 0. The van der Waals surface area contributed by atoms with Crippen LogP contribution in [0.25, 0.3) is 10.9 Å². The SMILES string of the molecule is CC(C)(C)C(c1cccc2cc[nH]c12)N(CCO)C(=O)O. The lowest BCUT2D eigenvalue weighted by molar-refractivity contribution is 0.0700. The van der Waals surface area contributed by atoms with Crippen molar-refractivity contribution in [3.8, 4) is 0 Å². The Bertz CT molecular complexity index is 628. The normalized spacial score (nSPS) is 13.3. The number of aromatic amines is 1. The number of aliphatic hydroxyl groups excluding tert-OH is 1. The van der Waals surface area contributed by atoms with E-state index >= 15 is 0 Å². The molecule has 1 atom stereocenters. The predicted octanol–water partition coefficient (Wildman–Crippen LogP) is 3.23. The second-order valence-electron chi connectivity index (χ2n) is 6.26. The Morgan fingerprint density at radius 2 is 2.05 bits per heavy atom. The first-order valence-corrected chi connectivity index (χ1v) is 7.02. The average molecular weight is 290 g/mol. The lowest BCUT2D eigenvalue weighted by Crippen LogP contribution is -2.42. The maximum absolute atomic E-state index is 11.6. The molecule has 114 valence electrons. The highest BCUT2D eigenvalue weighted by Crippen LogP contribution is 2.40. The highest BCUT2D eigenvalue weighted by molar-refractivity contribution is 5.83. The molecule has 2 aromatic rings. The van der Waals surface area contributed by atoms with Gasteiger partial charge in [0.1, 0.15) is 0 Å². The molecule has 0 radical (unpaired) electrons. The van der Waals surface area contributed by atoms with Crippen LogP contribution in [0.5, 0.6) is 0 Å². The standard InChI is InChI=1S/C16H22N2O3/c1-16(2,3)14(18(9-10-19)15(20)21)12-6-4-5-11-7-8-17-13(11)12/h4-8,14,17,19H,9-10H2,1-3H3,(H,20,21). The Hall–Kier alpha value is -2.01. The summed E-state index contributed by atoms with van der Waals surface area (Å²) in [4.78, 5) is 16.1. The number of carbonyl (C=O) groups is 1. The number of amides is 1. The molecule has 21 heavy (non-hydrogen) atoms. The molecule has 1 aromatic carbocycles. The molecule has 1 heterocycles. The molecular formula is C16H22N2O3. The summed E-state index contributed by atoms with van der Waals surface area (Å²) in [5, 5.41) is 19.8. The first-order chi connectivity index (χ1) is 9.86. The van der Waals surface area contributed by atoms with Crippen molar-refractivity contribution < 1.29 is 15.0 Å². The predicted molar refractivity (Wildman–Crippen MR) is 82.3 cm³/mol. The van der Waals surface area contributed by atoms with Crippen LogP contribution in [0.3, 0.4) is 0 Å². The number of fused-ring (bicyclic) bond motifs is 1. The Balaban J connectivity index is 2.60. The van der Waals surface area contributed by atoms with Gasteiger partial charge in [0.25, 0.3) is 0 Å². The van der Waals surface area contributed by atoms with Crippen LogP contribution in [0.2, 0.25) is 0 Å². The van der Waals surface area contributed by atoms with E-state index in [9.17, 15) is 15.0 Å². The molecule has 2 rings (SSSR count). The Morgan fingerprint density at radius 1 is 1.33 bits per heavy atom. The average Bonchev–Trinajstić information content (AvgIpc) is 2.85. The summed E-state index contributed by atoms with van der Waals surface area (Å²) in [6.45, 7) is 5.92. The van der Waals surface area contributed by atoms with Crippen LogP contribution in [0.1, 0.15) is 32.4 Å². The smallest absolute Gasteiger partial charge is 0.407 e. The molecule has 0 aliphatic heterocycles. The number of nitrogens with zero attached hydrogens (tertiary/aromatic N) is 1. The van der Waals surface area contributed by atoms with Crippen molar-refractivity contribution >= 4 is 17.0 Å². The zero-order chi connectivity index (χ0) is 15.6. The molecule has 1 aromatic heterocycles.